The Morgan fingerprint density at radius 2 is 2.42 bits per heavy atom. The molecule has 1 N–H and O–H groups in total. The molecule has 1 aromatic heterocycles. The number of carbonyl (C=O) groups is 1. The van der Waals surface area contributed by atoms with Gasteiger partial charge in [0.2, 0.25) is 5.91 Å². The highest BCUT2D eigenvalue weighted by Gasteiger charge is 2.26. The Kier molecular flexibility index (Phi) is 4.58. The monoisotopic (exact) mass is 278 g/mol. The Labute approximate surface area is 117 Å². The van der Waals surface area contributed by atoms with Crippen LogP contribution in [0.1, 0.15) is 12.8 Å². The highest BCUT2D eigenvalue weighted by atomic mass is 35.5. The number of piperidine rings is 1. The van der Waals surface area contributed by atoms with Gasteiger partial charge in [0.05, 0.1) is 12.5 Å². The second-order valence-electron chi connectivity index (χ2n) is 4.42. The predicted octanol–water partition coefficient (Wildman–Crippen LogP) is 1.10. The van der Waals surface area contributed by atoms with E-state index in [0.717, 1.165) is 25.2 Å². The van der Waals surface area contributed by atoms with Crippen molar-refractivity contribution in [1.82, 2.24) is 15.5 Å². The quantitative estimate of drug-likeness (QED) is 0.841. The van der Waals surface area contributed by atoms with Gasteiger partial charge >= 0.3 is 0 Å². The van der Waals surface area contributed by atoms with Crippen LogP contribution in [0.25, 0.3) is 0 Å². The molecular formula is C13H15ClN4O. The number of rotatable bonds is 3. The van der Waals surface area contributed by atoms with Gasteiger partial charge in [-0.25, -0.2) is 0 Å². The summed E-state index contributed by atoms with van der Waals surface area (Å²) in [4.78, 5) is 13.9. The fourth-order valence-corrected chi connectivity index (χ4v) is 2.26. The molecule has 1 fully saturated rings. The zero-order valence-electron chi connectivity index (χ0n) is 10.5. The van der Waals surface area contributed by atoms with E-state index in [1.807, 2.05) is 11.0 Å². The van der Waals surface area contributed by atoms with Crippen molar-refractivity contribution in [3.05, 3.63) is 17.3 Å². The molecular weight excluding hydrogens is 264 g/mol. The topological polar surface area (TPSA) is 58.1 Å². The van der Waals surface area contributed by atoms with E-state index >= 15 is 0 Å². The molecule has 1 aliphatic heterocycles. The van der Waals surface area contributed by atoms with E-state index in [9.17, 15) is 4.79 Å². The number of aromatic nitrogens is 2. The largest absolute Gasteiger partial charge is 0.354 e. The summed E-state index contributed by atoms with van der Waals surface area (Å²) in [6.07, 6.45) is 6.94. The molecule has 0 aliphatic carbocycles. The number of nitrogens with one attached hydrogen (secondary N) is 1. The fraction of sp³-hybridized carbons (Fsp3) is 0.462. The van der Waals surface area contributed by atoms with E-state index in [-0.39, 0.29) is 18.4 Å². The van der Waals surface area contributed by atoms with Gasteiger partial charge in [0.15, 0.2) is 11.0 Å². The van der Waals surface area contributed by atoms with Crippen LogP contribution in [0.2, 0.25) is 5.15 Å². The fourth-order valence-electron chi connectivity index (χ4n) is 2.16. The van der Waals surface area contributed by atoms with Gasteiger partial charge in [0.25, 0.3) is 0 Å². The van der Waals surface area contributed by atoms with Crippen LogP contribution >= 0.6 is 11.6 Å². The Hall–Kier alpha value is -1.80. The zero-order chi connectivity index (χ0) is 13.7. The number of carbonyl (C=O) groups excluding carboxylic acids is 1. The molecule has 0 saturated carbocycles. The standard InChI is InChI=1S/C13H15ClN4O/c1-2-7-15-13(19)10-4-3-8-18(9-10)12-6-5-11(14)16-17-12/h1,5-6,10H,3-4,7-9H2,(H,15,19). The van der Waals surface area contributed by atoms with Crippen LogP contribution in [-0.4, -0.2) is 35.7 Å². The van der Waals surface area contributed by atoms with Gasteiger partial charge in [-0.3, -0.25) is 4.79 Å². The maximum Gasteiger partial charge on any atom is 0.225 e. The summed E-state index contributed by atoms with van der Waals surface area (Å²) in [5, 5.41) is 10.9. The number of nitrogens with zero attached hydrogens (tertiary/aromatic N) is 3. The summed E-state index contributed by atoms with van der Waals surface area (Å²) in [6.45, 7) is 1.78. The highest BCUT2D eigenvalue weighted by Crippen LogP contribution is 2.21. The minimum atomic E-state index is -0.0559. The van der Waals surface area contributed by atoms with Gasteiger partial charge in [0, 0.05) is 13.1 Å². The average Bonchev–Trinajstić information content (AvgIpc) is 2.45. The molecule has 1 amide bonds. The highest BCUT2D eigenvalue weighted by molar-refractivity contribution is 6.29. The lowest BCUT2D eigenvalue weighted by Crippen LogP contribution is -2.43. The summed E-state index contributed by atoms with van der Waals surface area (Å²) >= 11 is 5.71. The summed E-state index contributed by atoms with van der Waals surface area (Å²) in [6, 6.07) is 3.52. The minimum absolute atomic E-state index is 0.00423. The van der Waals surface area contributed by atoms with Crippen molar-refractivity contribution >= 4 is 23.3 Å². The smallest absolute Gasteiger partial charge is 0.225 e. The summed E-state index contributed by atoms with van der Waals surface area (Å²) < 4.78 is 0. The van der Waals surface area contributed by atoms with Gasteiger partial charge in [-0.15, -0.1) is 16.6 Å². The molecule has 1 saturated heterocycles. The second kappa shape index (κ2) is 6.39. The molecule has 2 heterocycles. The van der Waals surface area contributed by atoms with Gasteiger partial charge in [0.1, 0.15) is 0 Å². The maximum atomic E-state index is 11.9. The van der Waals surface area contributed by atoms with E-state index in [4.69, 9.17) is 18.0 Å². The van der Waals surface area contributed by atoms with Crippen LogP contribution in [0.4, 0.5) is 5.82 Å². The second-order valence-corrected chi connectivity index (χ2v) is 4.81. The molecule has 5 nitrogen and oxygen atoms in total. The average molecular weight is 279 g/mol. The molecule has 1 aliphatic rings. The summed E-state index contributed by atoms with van der Waals surface area (Å²) in [5.74, 6) is 3.10. The van der Waals surface area contributed by atoms with Gasteiger partial charge in [-0.2, -0.15) is 0 Å². The number of halogens is 1. The molecule has 0 spiro atoms. The maximum absolute atomic E-state index is 11.9. The molecule has 19 heavy (non-hydrogen) atoms. The lowest BCUT2D eigenvalue weighted by Gasteiger charge is -2.32. The molecule has 6 heteroatoms. The SMILES string of the molecule is C#CCNC(=O)C1CCCN(c2ccc(Cl)nn2)C1. The Bertz CT molecular complexity index is 482. The number of amides is 1. The first-order valence-corrected chi connectivity index (χ1v) is 6.54. The number of anilines is 1. The lowest BCUT2D eigenvalue weighted by molar-refractivity contribution is -0.124. The van der Waals surface area contributed by atoms with Crippen LogP contribution in [0.3, 0.4) is 0 Å². The Morgan fingerprint density at radius 3 is 3.11 bits per heavy atom. The molecule has 100 valence electrons. The first-order chi connectivity index (χ1) is 9.20. The van der Waals surface area contributed by atoms with Crippen LogP contribution in [0.15, 0.2) is 12.1 Å². The molecule has 2 rings (SSSR count). The van der Waals surface area contributed by atoms with Crippen molar-refractivity contribution in [2.24, 2.45) is 5.92 Å². The van der Waals surface area contributed by atoms with Crippen molar-refractivity contribution in [2.75, 3.05) is 24.5 Å². The molecule has 1 aromatic rings. The molecule has 0 radical (unpaired) electrons. The number of hydrogen-bond acceptors (Lipinski definition) is 4. The molecule has 1 unspecified atom stereocenters. The third kappa shape index (κ3) is 3.58. The van der Waals surface area contributed by atoms with E-state index in [0.29, 0.717) is 11.7 Å². The lowest BCUT2D eigenvalue weighted by atomic mass is 9.97. The van der Waals surface area contributed by atoms with Crippen molar-refractivity contribution in [2.45, 2.75) is 12.8 Å². The van der Waals surface area contributed by atoms with Crippen LogP contribution in [0, 0.1) is 18.3 Å². The van der Waals surface area contributed by atoms with Gasteiger partial charge in [-0.05, 0) is 25.0 Å². The summed E-state index contributed by atoms with van der Waals surface area (Å²) in [5.41, 5.74) is 0. The normalized spacial score (nSPS) is 18.7. The number of terminal acetylenes is 1. The van der Waals surface area contributed by atoms with Crippen molar-refractivity contribution in [3.8, 4) is 12.3 Å². The summed E-state index contributed by atoms with van der Waals surface area (Å²) in [7, 11) is 0. The molecule has 1 atom stereocenters. The zero-order valence-corrected chi connectivity index (χ0v) is 11.2. The first-order valence-electron chi connectivity index (χ1n) is 6.16. The molecule has 0 bridgehead atoms. The molecule has 0 aromatic carbocycles. The van der Waals surface area contributed by atoms with Crippen molar-refractivity contribution in [3.63, 3.8) is 0 Å². The third-order valence-electron chi connectivity index (χ3n) is 3.10. The first kappa shape index (κ1) is 13.6. The van der Waals surface area contributed by atoms with Crippen LogP contribution < -0.4 is 10.2 Å². The predicted molar refractivity (Wildman–Crippen MR) is 73.8 cm³/mol. The van der Waals surface area contributed by atoms with E-state index in [1.165, 1.54) is 0 Å². The third-order valence-corrected chi connectivity index (χ3v) is 3.30. The van der Waals surface area contributed by atoms with Crippen LogP contribution in [-0.2, 0) is 4.79 Å². The van der Waals surface area contributed by atoms with Crippen molar-refractivity contribution < 1.29 is 4.79 Å². The van der Waals surface area contributed by atoms with E-state index < -0.39 is 0 Å². The van der Waals surface area contributed by atoms with Crippen LogP contribution in [0.5, 0.6) is 0 Å². The van der Waals surface area contributed by atoms with Crippen molar-refractivity contribution in [1.29, 1.82) is 0 Å². The Balaban J connectivity index is 1.99. The van der Waals surface area contributed by atoms with Gasteiger partial charge < -0.3 is 10.2 Å². The minimum Gasteiger partial charge on any atom is -0.354 e. The van der Waals surface area contributed by atoms with E-state index in [1.54, 1.807) is 6.07 Å². The number of hydrogen-bond donors (Lipinski definition) is 1. The van der Waals surface area contributed by atoms with E-state index in [2.05, 4.69) is 21.4 Å². The van der Waals surface area contributed by atoms with Gasteiger partial charge in [-0.1, -0.05) is 17.5 Å². The Morgan fingerprint density at radius 1 is 1.58 bits per heavy atom.